The number of likely N-dealkylation sites (tertiary alicyclic amines) is 1. The first-order chi connectivity index (χ1) is 8.20. The van der Waals surface area contributed by atoms with Gasteiger partial charge in [0.25, 0.3) is 5.91 Å². The second kappa shape index (κ2) is 5.60. The van der Waals surface area contributed by atoms with Crippen LogP contribution >= 0.6 is 15.9 Å². The summed E-state index contributed by atoms with van der Waals surface area (Å²) in [6, 6.07) is 4.15. The van der Waals surface area contributed by atoms with E-state index in [1.165, 1.54) is 0 Å². The van der Waals surface area contributed by atoms with Gasteiger partial charge in [0, 0.05) is 29.8 Å². The fourth-order valence-corrected chi connectivity index (χ4v) is 2.27. The minimum absolute atomic E-state index is 0.0343. The minimum atomic E-state index is 0.0343. The summed E-state index contributed by atoms with van der Waals surface area (Å²) in [6.07, 6.45) is 3.69. The molecule has 1 amide bonds. The number of nitrogens with one attached hydrogen (secondary N) is 1. The van der Waals surface area contributed by atoms with Crippen LogP contribution in [0.2, 0.25) is 0 Å². The van der Waals surface area contributed by atoms with Gasteiger partial charge in [-0.15, -0.1) is 0 Å². The fourth-order valence-electron chi connectivity index (χ4n) is 2.04. The van der Waals surface area contributed by atoms with Crippen LogP contribution in [0.1, 0.15) is 23.3 Å². The Morgan fingerprint density at radius 2 is 2.18 bits per heavy atom. The summed E-state index contributed by atoms with van der Waals surface area (Å²) in [6.45, 7) is 1.62. The van der Waals surface area contributed by atoms with Gasteiger partial charge in [-0.25, -0.2) is 4.98 Å². The zero-order valence-electron chi connectivity index (χ0n) is 9.82. The van der Waals surface area contributed by atoms with E-state index in [0.717, 1.165) is 30.4 Å². The van der Waals surface area contributed by atoms with Gasteiger partial charge in [-0.3, -0.25) is 4.79 Å². The topological polar surface area (TPSA) is 45.2 Å². The van der Waals surface area contributed by atoms with Crippen LogP contribution in [0, 0.1) is 0 Å². The molecule has 2 heterocycles. The number of piperidine rings is 1. The van der Waals surface area contributed by atoms with Crippen molar-refractivity contribution in [1.29, 1.82) is 0 Å². The first-order valence-electron chi connectivity index (χ1n) is 5.79. The molecule has 0 aromatic carbocycles. The molecular weight excluding hydrogens is 282 g/mol. The monoisotopic (exact) mass is 297 g/mol. The van der Waals surface area contributed by atoms with Gasteiger partial charge < -0.3 is 10.2 Å². The summed E-state index contributed by atoms with van der Waals surface area (Å²) in [7, 11) is 1.97. The number of rotatable bonds is 2. The Morgan fingerprint density at radius 1 is 1.47 bits per heavy atom. The van der Waals surface area contributed by atoms with Crippen LogP contribution in [0.25, 0.3) is 0 Å². The van der Waals surface area contributed by atoms with E-state index < -0.39 is 0 Å². The Bertz CT molecular complexity index is 385. The van der Waals surface area contributed by atoms with Crippen LogP contribution in [0.15, 0.2) is 22.8 Å². The molecule has 0 saturated carbocycles. The van der Waals surface area contributed by atoms with Gasteiger partial charge in [-0.2, -0.15) is 0 Å². The van der Waals surface area contributed by atoms with E-state index in [0.29, 0.717) is 11.7 Å². The van der Waals surface area contributed by atoms with Crippen LogP contribution in [-0.2, 0) is 0 Å². The first-order valence-corrected chi connectivity index (χ1v) is 6.58. The Morgan fingerprint density at radius 3 is 2.71 bits per heavy atom. The molecule has 1 aliphatic rings. The highest BCUT2D eigenvalue weighted by molar-refractivity contribution is 9.10. The molecule has 1 aromatic heterocycles. The molecule has 92 valence electrons. The summed E-state index contributed by atoms with van der Waals surface area (Å²) in [4.78, 5) is 18.2. The Balaban J connectivity index is 1.99. The average molecular weight is 298 g/mol. The van der Waals surface area contributed by atoms with Crippen molar-refractivity contribution in [3.05, 3.63) is 28.5 Å². The van der Waals surface area contributed by atoms with E-state index in [2.05, 4.69) is 26.2 Å². The standard InChI is InChI=1S/C12H16BrN3O/c1-14-10-4-6-16(7-5-10)12(17)11-3-2-9(13)8-15-11/h2-3,8,10,14H,4-7H2,1H3. The number of amides is 1. The molecule has 0 unspecified atom stereocenters. The van der Waals surface area contributed by atoms with Gasteiger partial charge >= 0.3 is 0 Å². The molecule has 0 bridgehead atoms. The number of carbonyl (C=O) groups excluding carboxylic acids is 1. The number of hydrogen-bond donors (Lipinski definition) is 1. The minimum Gasteiger partial charge on any atom is -0.337 e. The summed E-state index contributed by atoms with van der Waals surface area (Å²) < 4.78 is 0.892. The van der Waals surface area contributed by atoms with Crippen LogP contribution < -0.4 is 5.32 Å². The number of nitrogens with zero attached hydrogens (tertiary/aromatic N) is 2. The van der Waals surface area contributed by atoms with Crippen LogP contribution in [0.4, 0.5) is 0 Å². The van der Waals surface area contributed by atoms with Gasteiger partial charge in [0.15, 0.2) is 0 Å². The van der Waals surface area contributed by atoms with Crippen LogP contribution in [0.3, 0.4) is 0 Å². The van der Waals surface area contributed by atoms with E-state index in [9.17, 15) is 4.79 Å². The SMILES string of the molecule is CNC1CCN(C(=O)c2ccc(Br)cn2)CC1. The molecule has 1 N–H and O–H groups in total. The maximum absolute atomic E-state index is 12.1. The molecule has 0 radical (unpaired) electrons. The van der Waals surface area contributed by atoms with Crippen LogP contribution in [-0.4, -0.2) is 42.0 Å². The van der Waals surface area contributed by atoms with Crippen molar-refractivity contribution in [2.45, 2.75) is 18.9 Å². The molecule has 4 nitrogen and oxygen atoms in total. The van der Waals surface area contributed by atoms with E-state index in [1.54, 1.807) is 12.3 Å². The first kappa shape index (κ1) is 12.5. The summed E-state index contributed by atoms with van der Waals surface area (Å²) in [5, 5.41) is 3.25. The van der Waals surface area contributed by atoms with Crippen LogP contribution in [0.5, 0.6) is 0 Å². The van der Waals surface area contributed by atoms with Crippen molar-refractivity contribution >= 4 is 21.8 Å². The lowest BCUT2D eigenvalue weighted by Crippen LogP contribution is -2.44. The van der Waals surface area contributed by atoms with Gasteiger partial charge in [0.1, 0.15) is 5.69 Å². The predicted molar refractivity (Wildman–Crippen MR) is 69.9 cm³/mol. The summed E-state index contributed by atoms with van der Waals surface area (Å²) >= 11 is 3.31. The molecule has 1 aromatic rings. The van der Waals surface area contributed by atoms with E-state index in [-0.39, 0.29) is 5.91 Å². The molecule has 0 aliphatic carbocycles. The van der Waals surface area contributed by atoms with Crippen molar-refractivity contribution in [2.24, 2.45) is 0 Å². The normalized spacial score (nSPS) is 17.2. The molecule has 1 fully saturated rings. The molecule has 0 atom stereocenters. The van der Waals surface area contributed by atoms with Gasteiger partial charge in [-0.1, -0.05) is 0 Å². The van der Waals surface area contributed by atoms with Crippen molar-refractivity contribution in [3.8, 4) is 0 Å². The second-order valence-electron chi connectivity index (χ2n) is 4.22. The third-order valence-electron chi connectivity index (χ3n) is 3.14. The van der Waals surface area contributed by atoms with Crippen molar-refractivity contribution in [2.75, 3.05) is 20.1 Å². The third kappa shape index (κ3) is 3.04. The fraction of sp³-hybridized carbons (Fsp3) is 0.500. The Hall–Kier alpha value is -0.940. The largest absolute Gasteiger partial charge is 0.337 e. The molecule has 2 rings (SSSR count). The third-order valence-corrected chi connectivity index (χ3v) is 3.61. The Kier molecular flexibility index (Phi) is 4.12. The highest BCUT2D eigenvalue weighted by Crippen LogP contribution is 2.14. The summed E-state index contributed by atoms with van der Waals surface area (Å²) in [5.74, 6) is 0.0343. The lowest BCUT2D eigenvalue weighted by molar-refractivity contribution is 0.0701. The number of aromatic nitrogens is 1. The highest BCUT2D eigenvalue weighted by atomic mass is 79.9. The van der Waals surface area contributed by atoms with Gasteiger partial charge in [0.2, 0.25) is 0 Å². The van der Waals surface area contributed by atoms with E-state index >= 15 is 0 Å². The smallest absolute Gasteiger partial charge is 0.272 e. The molecule has 5 heteroatoms. The molecule has 1 saturated heterocycles. The lowest BCUT2D eigenvalue weighted by Gasteiger charge is -2.31. The Labute approximate surface area is 110 Å². The van der Waals surface area contributed by atoms with Gasteiger partial charge in [0.05, 0.1) is 0 Å². The second-order valence-corrected chi connectivity index (χ2v) is 5.13. The maximum Gasteiger partial charge on any atom is 0.272 e. The quantitative estimate of drug-likeness (QED) is 0.903. The number of pyridine rings is 1. The lowest BCUT2D eigenvalue weighted by atomic mass is 10.1. The summed E-state index contributed by atoms with van der Waals surface area (Å²) in [5.41, 5.74) is 0.524. The van der Waals surface area contributed by atoms with Crippen molar-refractivity contribution in [3.63, 3.8) is 0 Å². The van der Waals surface area contributed by atoms with E-state index in [1.807, 2.05) is 18.0 Å². The zero-order chi connectivity index (χ0) is 12.3. The number of halogens is 1. The average Bonchev–Trinajstić information content (AvgIpc) is 2.39. The highest BCUT2D eigenvalue weighted by Gasteiger charge is 2.23. The predicted octanol–water partition coefficient (Wildman–Crippen LogP) is 1.67. The van der Waals surface area contributed by atoms with Gasteiger partial charge in [-0.05, 0) is 48.0 Å². The number of carbonyl (C=O) groups is 1. The van der Waals surface area contributed by atoms with E-state index in [4.69, 9.17) is 0 Å². The zero-order valence-corrected chi connectivity index (χ0v) is 11.4. The van der Waals surface area contributed by atoms with Crippen molar-refractivity contribution < 1.29 is 4.79 Å². The van der Waals surface area contributed by atoms with Crippen molar-refractivity contribution in [1.82, 2.24) is 15.2 Å². The number of hydrogen-bond acceptors (Lipinski definition) is 3. The molecule has 1 aliphatic heterocycles. The maximum atomic E-state index is 12.1. The molecular formula is C12H16BrN3O. The molecule has 0 spiro atoms. The molecule has 17 heavy (non-hydrogen) atoms.